The molecule has 0 bridgehead atoms. The van der Waals surface area contributed by atoms with Crippen LogP contribution in [0.15, 0.2) is 24.3 Å². The zero-order valence-electron chi connectivity index (χ0n) is 19.6. The van der Waals surface area contributed by atoms with Gasteiger partial charge in [-0.05, 0) is 42.9 Å². The predicted octanol–water partition coefficient (Wildman–Crippen LogP) is 3.25. The lowest BCUT2D eigenvalue weighted by Gasteiger charge is -2.48. The molecule has 1 aromatic rings. The molecule has 3 rings (SSSR count). The van der Waals surface area contributed by atoms with Crippen molar-refractivity contribution >= 4 is 11.8 Å². The Morgan fingerprint density at radius 1 is 1.06 bits per heavy atom. The lowest BCUT2D eigenvalue weighted by molar-refractivity contribution is -0.123. The quantitative estimate of drug-likeness (QED) is 0.728. The van der Waals surface area contributed by atoms with E-state index in [1.54, 1.807) is 6.92 Å². The molecule has 2 amide bonds. The summed E-state index contributed by atoms with van der Waals surface area (Å²) in [5.74, 6) is -0.346. The fourth-order valence-corrected chi connectivity index (χ4v) is 4.72. The number of morpholine rings is 1. The molecule has 1 saturated carbocycles. The van der Waals surface area contributed by atoms with Crippen LogP contribution in [-0.2, 0) is 14.9 Å². The van der Waals surface area contributed by atoms with E-state index in [2.05, 4.69) is 36.3 Å². The first-order chi connectivity index (χ1) is 14.7. The Balaban J connectivity index is 1.56. The second-order valence-corrected chi connectivity index (χ2v) is 10.1. The first-order valence-corrected chi connectivity index (χ1v) is 11.7. The maximum Gasteiger partial charge on any atom is 0.251 e. The predicted molar refractivity (Wildman–Crippen MR) is 123 cm³/mol. The molecule has 6 heteroatoms. The molecule has 0 spiro atoms. The molecular weight excluding hydrogens is 390 g/mol. The highest BCUT2D eigenvalue weighted by atomic mass is 16.5. The van der Waals surface area contributed by atoms with E-state index in [0.717, 1.165) is 39.1 Å². The molecule has 2 N–H and O–H groups in total. The number of ether oxygens (including phenoxy) is 1. The number of rotatable bonds is 6. The summed E-state index contributed by atoms with van der Waals surface area (Å²) < 4.78 is 5.53. The highest BCUT2D eigenvalue weighted by Gasteiger charge is 2.39. The van der Waals surface area contributed by atoms with Crippen molar-refractivity contribution in [3.63, 3.8) is 0 Å². The maximum atomic E-state index is 12.8. The molecule has 0 aromatic heterocycles. The van der Waals surface area contributed by atoms with Gasteiger partial charge in [0.25, 0.3) is 5.91 Å². The minimum atomic E-state index is -0.583. The van der Waals surface area contributed by atoms with Gasteiger partial charge < -0.3 is 15.4 Å². The molecule has 1 atom stereocenters. The van der Waals surface area contributed by atoms with E-state index in [0.29, 0.717) is 12.1 Å². The topological polar surface area (TPSA) is 70.7 Å². The molecule has 172 valence electrons. The van der Waals surface area contributed by atoms with Crippen molar-refractivity contribution in [3.8, 4) is 0 Å². The van der Waals surface area contributed by atoms with Gasteiger partial charge in [-0.3, -0.25) is 14.5 Å². The molecule has 1 aliphatic carbocycles. The molecule has 1 saturated heterocycles. The third kappa shape index (κ3) is 6.07. The first kappa shape index (κ1) is 23.7. The Hall–Kier alpha value is -1.92. The SMILES string of the molecule is CC(NC(=O)c1ccc(C(C)(C)C)cc1)C(=O)NCC1(N2CCOCC2)CCCCC1. The fourth-order valence-electron chi connectivity index (χ4n) is 4.72. The summed E-state index contributed by atoms with van der Waals surface area (Å²) in [6.45, 7) is 12.2. The molecule has 0 radical (unpaired) electrons. The summed E-state index contributed by atoms with van der Waals surface area (Å²) in [5, 5.41) is 5.99. The standard InChI is InChI=1S/C25H39N3O3/c1-19(27-23(30)20-8-10-21(11-9-20)24(2,3)4)22(29)26-18-25(12-6-5-7-13-25)28-14-16-31-17-15-28/h8-11,19H,5-7,12-18H2,1-4H3,(H,26,29)(H,27,30). The van der Waals surface area contributed by atoms with E-state index in [1.165, 1.54) is 24.8 Å². The Kier molecular flexibility index (Phi) is 7.76. The van der Waals surface area contributed by atoms with Crippen molar-refractivity contribution in [2.24, 2.45) is 0 Å². The molecule has 1 aliphatic heterocycles. The number of hydrogen-bond acceptors (Lipinski definition) is 4. The molecule has 1 aromatic carbocycles. The van der Waals surface area contributed by atoms with Crippen molar-refractivity contribution in [2.45, 2.75) is 76.8 Å². The van der Waals surface area contributed by atoms with Crippen LogP contribution in [0.5, 0.6) is 0 Å². The van der Waals surface area contributed by atoms with Gasteiger partial charge in [0.1, 0.15) is 6.04 Å². The molecule has 2 aliphatic rings. The second kappa shape index (κ2) is 10.1. The number of nitrogens with zero attached hydrogens (tertiary/aromatic N) is 1. The Bertz CT molecular complexity index is 742. The van der Waals surface area contributed by atoms with E-state index in [4.69, 9.17) is 4.74 Å². The van der Waals surface area contributed by atoms with Crippen LogP contribution in [0.1, 0.15) is 75.7 Å². The van der Waals surface area contributed by atoms with Gasteiger partial charge in [-0.2, -0.15) is 0 Å². The molecule has 6 nitrogen and oxygen atoms in total. The molecular formula is C25H39N3O3. The normalized spacial score (nSPS) is 20.6. The van der Waals surface area contributed by atoms with E-state index in [9.17, 15) is 9.59 Å². The number of hydrogen-bond donors (Lipinski definition) is 2. The summed E-state index contributed by atoms with van der Waals surface area (Å²) >= 11 is 0. The van der Waals surface area contributed by atoms with Crippen LogP contribution in [0.4, 0.5) is 0 Å². The molecule has 1 unspecified atom stereocenters. The Morgan fingerprint density at radius 2 is 1.68 bits per heavy atom. The second-order valence-electron chi connectivity index (χ2n) is 10.1. The van der Waals surface area contributed by atoms with Crippen molar-refractivity contribution in [2.75, 3.05) is 32.8 Å². The fraction of sp³-hybridized carbons (Fsp3) is 0.680. The van der Waals surface area contributed by atoms with Gasteiger partial charge >= 0.3 is 0 Å². The lowest BCUT2D eigenvalue weighted by Crippen LogP contribution is -2.60. The van der Waals surface area contributed by atoms with E-state index in [-0.39, 0.29) is 22.8 Å². The van der Waals surface area contributed by atoms with Crippen LogP contribution < -0.4 is 10.6 Å². The number of benzene rings is 1. The average molecular weight is 430 g/mol. The number of carbonyl (C=O) groups excluding carboxylic acids is 2. The van der Waals surface area contributed by atoms with Crippen LogP contribution in [0.3, 0.4) is 0 Å². The third-order valence-corrected chi connectivity index (χ3v) is 6.81. The third-order valence-electron chi connectivity index (χ3n) is 6.81. The van der Waals surface area contributed by atoms with E-state index in [1.807, 2.05) is 24.3 Å². The van der Waals surface area contributed by atoms with Crippen LogP contribution in [-0.4, -0.2) is 61.1 Å². The van der Waals surface area contributed by atoms with Gasteiger partial charge in [-0.15, -0.1) is 0 Å². The highest BCUT2D eigenvalue weighted by Crippen LogP contribution is 2.33. The Morgan fingerprint density at radius 3 is 2.26 bits per heavy atom. The summed E-state index contributed by atoms with van der Waals surface area (Å²) in [6, 6.07) is 7.04. The van der Waals surface area contributed by atoms with Crippen molar-refractivity contribution in [3.05, 3.63) is 35.4 Å². The van der Waals surface area contributed by atoms with Gasteiger partial charge in [-0.1, -0.05) is 52.2 Å². The van der Waals surface area contributed by atoms with Crippen LogP contribution >= 0.6 is 0 Å². The summed E-state index contributed by atoms with van der Waals surface area (Å²) in [6.07, 6.45) is 5.87. The molecule has 31 heavy (non-hydrogen) atoms. The smallest absolute Gasteiger partial charge is 0.251 e. The van der Waals surface area contributed by atoms with Gasteiger partial charge in [-0.25, -0.2) is 0 Å². The van der Waals surface area contributed by atoms with Gasteiger partial charge in [0.15, 0.2) is 0 Å². The monoisotopic (exact) mass is 429 g/mol. The van der Waals surface area contributed by atoms with Crippen molar-refractivity contribution in [1.82, 2.24) is 15.5 Å². The van der Waals surface area contributed by atoms with Gasteiger partial charge in [0.05, 0.1) is 13.2 Å². The van der Waals surface area contributed by atoms with Crippen molar-refractivity contribution < 1.29 is 14.3 Å². The van der Waals surface area contributed by atoms with Crippen LogP contribution in [0.25, 0.3) is 0 Å². The lowest BCUT2D eigenvalue weighted by atomic mass is 9.79. The number of carbonyl (C=O) groups is 2. The highest BCUT2D eigenvalue weighted by molar-refractivity contribution is 5.97. The summed E-state index contributed by atoms with van der Waals surface area (Å²) in [7, 11) is 0. The first-order valence-electron chi connectivity index (χ1n) is 11.7. The van der Waals surface area contributed by atoms with E-state index >= 15 is 0 Å². The van der Waals surface area contributed by atoms with Gasteiger partial charge in [0.2, 0.25) is 5.91 Å². The summed E-state index contributed by atoms with van der Waals surface area (Å²) in [4.78, 5) is 27.9. The average Bonchev–Trinajstić information content (AvgIpc) is 2.78. The van der Waals surface area contributed by atoms with E-state index < -0.39 is 6.04 Å². The van der Waals surface area contributed by atoms with Crippen LogP contribution in [0.2, 0.25) is 0 Å². The minimum absolute atomic E-state index is 0.0181. The van der Waals surface area contributed by atoms with Crippen molar-refractivity contribution in [1.29, 1.82) is 0 Å². The zero-order valence-corrected chi connectivity index (χ0v) is 19.6. The van der Waals surface area contributed by atoms with Gasteiger partial charge in [0, 0.05) is 30.7 Å². The maximum absolute atomic E-state index is 12.8. The minimum Gasteiger partial charge on any atom is -0.379 e. The Labute approximate surface area is 187 Å². The van der Waals surface area contributed by atoms with Crippen LogP contribution in [0, 0.1) is 0 Å². The number of nitrogens with one attached hydrogen (secondary N) is 2. The number of amides is 2. The zero-order chi connectivity index (χ0) is 22.5. The molecule has 2 fully saturated rings. The largest absolute Gasteiger partial charge is 0.379 e. The summed E-state index contributed by atoms with van der Waals surface area (Å²) in [5.41, 5.74) is 1.81. The molecule has 1 heterocycles.